The fourth-order valence-corrected chi connectivity index (χ4v) is 3.03. The van der Waals surface area contributed by atoms with E-state index in [1.807, 2.05) is 0 Å². The topological polar surface area (TPSA) is 41.5 Å². The van der Waals surface area contributed by atoms with Crippen LogP contribution in [0.15, 0.2) is 5.10 Å². The number of carbonyl (C=O) groups is 1. The molecular formula is C12H18N2O. The van der Waals surface area contributed by atoms with Gasteiger partial charge in [0, 0.05) is 6.42 Å². The van der Waals surface area contributed by atoms with Gasteiger partial charge in [-0.05, 0) is 30.6 Å². The Labute approximate surface area is 90.3 Å². The zero-order chi connectivity index (χ0) is 10.6. The molecule has 0 bridgehead atoms. The van der Waals surface area contributed by atoms with Crippen LogP contribution < -0.4 is 5.43 Å². The fourth-order valence-electron chi connectivity index (χ4n) is 3.03. The molecular weight excluding hydrogens is 188 g/mol. The van der Waals surface area contributed by atoms with E-state index in [1.165, 1.54) is 18.6 Å². The Hall–Kier alpha value is -0.860. The van der Waals surface area contributed by atoms with E-state index < -0.39 is 0 Å². The molecule has 2 fully saturated rings. The molecule has 82 valence electrons. The summed E-state index contributed by atoms with van der Waals surface area (Å²) in [6, 6.07) is 0.289. The molecule has 0 aromatic carbocycles. The lowest BCUT2D eigenvalue weighted by atomic mass is 9.68. The predicted octanol–water partition coefficient (Wildman–Crippen LogP) is 1.73. The molecule has 1 heterocycles. The SMILES string of the molecule is CC1(C)CC(=O)[C@@H]2C(C3CC3)=NN[C@H]2C1. The molecule has 1 aliphatic heterocycles. The number of nitrogens with one attached hydrogen (secondary N) is 1. The fraction of sp³-hybridized carbons (Fsp3) is 0.833. The molecule has 0 unspecified atom stereocenters. The van der Waals surface area contributed by atoms with E-state index in [9.17, 15) is 4.79 Å². The molecule has 3 nitrogen and oxygen atoms in total. The van der Waals surface area contributed by atoms with Crippen molar-refractivity contribution < 1.29 is 4.79 Å². The number of hydrazone groups is 1. The minimum Gasteiger partial charge on any atom is -0.306 e. The molecule has 3 aliphatic rings. The largest absolute Gasteiger partial charge is 0.306 e. The summed E-state index contributed by atoms with van der Waals surface area (Å²) in [5.41, 5.74) is 4.50. The number of rotatable bonds is 1. The van der Waals surface area contributed by atoms with Crippen molar-refractivity contribution in [2.45, 2.75) is 45.6 Å². The zero-order valence-corrected chi connectivity index (χ0v) is 9.42. The van der Waals surface area contributed by atoms with Gasteiger partial charge in [-0.2, -0.15) is 5.10 Å². The van der Waals surface area contributed by atoms with Crippen LogP contribution in [-0.4, -0.2) is 17.5 Å². The first kappa shape index (κ1) is 9.37. The van der Waals surface area contributed by atoms with Gasteiger partial charge in [-0.25, -0.2) is 0 Å². The van der Waals surface area contributed by atoms with Gasteiger partial charge in [0.05, 0.1) is 17.7 Å². The molecule has 0 saturated heterocycles. The van der Waals surface area contributed by atoms with Crippen LogP contribution in [-0.2, 0) is 4.79 Å². The number of carbonyl (C=O) groups excluding carboxylic acids is 1. The number of hydrogen-bond acceptors (Lipinski definition) is 3. The van der Waals surface area contributed by atoms with Crippen molar-refractivity contribution in [3.63, 3.8) is 0 Å². The molecule has 3 heteroatoms. The Balaban J connectivity index is 1.84. The van der Waals surface area contributed by atoms with Crippen LogP contribution in [0.1, 0.15) is 39.5 Å². The Kier molecular flexibility index (Phi) is 1.77. The van der Waals surface area contributed by atoms with Crippen LogP contribution in [0.5, 0.6) is 0 Å². The summed E-state index contributed by atoms with van der Waals surface area (Å²) in [5.74, 6) is 1.15. The summed E-state index contributed by atoms with van der Waals surface area (Å²) < 4.78 is 0. The van der Waals surface area contributed by atoms with Crippen LogP contribution >= 0.6 is 0 Å². The summed E-state index contributed by atoms with van der Waals surface area (Å²) in [6.45, 7) is 4.36. The van der Waals surface area contributed by atoms with Crippen LogP contribution in [0.25, 0.3) is 0 Å². The number of ketones is 1. The van der Waals surface area contributed by atoms with Crippen LogP contribution in [0.2, 0.25) is 0 Å². The summed E-state index contributed by atoms with van der Waals surface area (Å²) >= 11 is 0. The number of Topliss-reactive ketones (excluding diaryl/α,β-unsaturated/α-hetero) is 1. The maximum absolute atomic E-state index is 12.1. The van der Waals surface area contributed by atoms with Crippen LogP contribution in [0.3, 0.4) is 0 Å². The molecule has 0 aromatic heterocycles. The highest BCUT2D eigenvalue weighted by molar-refractivity contribution is 6.09. The van der Waals surface area contributed by atoms with Crippen molar-refractivity contribution in [3.8, 4) is 0 Å². The molecule has 15 heavy (non-hydrogen) atoms. The van der Waals surface area contributed by atoms with E-state index in [0.717, 1.165) is 12.8 Å². The van der Waals surface area contributed by atoms with Crippen molar-refractivity contribution >= 4 is 11.5 Å². The van der Waals surface area contributed by atoms with Crippen molar-refractivity contribution in [2.24, 2.45) is 22.4 Å². The normalized spacial score (nSPS) is 38.3. The van der Waals surface area contributed by atoms with Gasteiger partial charge in [0.1, 0.15) is 5.78 Å². The molecule has 2 aliphatic carbocycles. The first-order valence-electron chi connectivity index (χ1n) is 5.92. The second-order valence-electron chi connectivity index (χ2n) is 6.04. The highest BCUT2D eigenvalue weighted by atomic mass is 16.1. The molecule has 0 amide bonds. The molecule has 0 radical (unpaired) electrons. The van der Waals surface area contributed by atoms with Crippen molar-refractivity contribution in [1.82, 2.24) is 5.43 Å². The monoisotopic (exact) mass is 206 g/mol. The minimum atomic E-state index is 0.116. The first-order valence-corrected chi connectivity index (χ1v) is 5.92. The van der Waals surface area contributed by atoms with E-state index in [-0.39, 0.29) is 17.4 Å². The smallest absolute Gasteiger partial charge is 0.144 e. The predicted molar refractivity (Wildman–Crippen MR) is 58.6 cm³/mol. The minimum absolute atomic E-state index is 0.116. The van der Waals surface area contributed by atoms with Crippen molar-refractivity contribution in [1.29, 1.82) is 0 Å². The third kappa shape index (κ3) is 1.48. The third-order valence-electron chi connectivity index (χ3n) is 3.85. The number of nitrogens with zero attached hydrogens (tertiary/aromatic N) is 1. The third-order valence-corrected chi connectivity index (χ3v) is 3.85. The summed E-state index contributed by atoms with van der Waals surface area (Å²) in [7, 11) is 0. The van der Waals surface area contributed by atoms with E-state index in [1.54, 1.807) is 0 Å². The van der Waals surface area contributed by atoms with Gasteiger partial charge >= 0.3 is 0 Å². The lowest BCUT2D eigenvalue weighted by Gasteiger charge is -2.36. The Morgan fingerprint density at radius 3 is 2.80 bits per heavy atom. The lowest BCUT2D eigenvalue weighted by molar-refractivity contribution is -0.126. The van der Waals surface area contributed by atoms with Crippen molar-refractivity contribution in [2.75, 3.05) is 0 Å². The highest BCUT2D eigenvalue weighted by Gasteiger charge is 2.49. The van der Waals surface area contributed by atoms with E-state index >= 15 is 0 Å². The summed E-state index contributed by atoms with van der Waals surface area (Å²) in [4.78, 5) is 12.1. The molecule has 1 N–H and O–H groups in total. The van der Waals surface area contributed by atoms with Gasteiger partial charge in [-0.15, -0.1) is 0 Å². The Morgan fingerprint density at radius 2 is 2.13 bits per heavy atom. The van der Waals surface area contributed by atoms with Crippen LogP contribution in [0.4, 0.5) is 0 Å². The van der Waals surface area contributed by atoms with Crippen molar-refractivity contribution in [3.05, 3.63) is 0 Å². The second-order valence-corrected chi connectivity index (χ2v) is 6.04. The van der Waals surface area contributed by atoms with E-state index in [4.69, 9.17) is 0 Å². The Bertz CT molecular complexity index is 342. The van der Waals surface area contributed by atoms with E-state index in [2.05, 4.69) is 24.4 Å². The van der Waals surface area contributed by atoms with E-state index in [0.29, 0.717) is 11.7 Å². The zero-order valence-electron chi connectivity index (χ0n) is 9.42. The number of fused-ring (bicyclic) bond motifs is 1. The maximum atomic E-state index is 12.1. The average Bonchev–Trinajstić information content (AvgIpc) is 2.86. The van der Waals surface area contributed by atoms with Gasteiger partial charge in [-0.1, -0.05) is 13.8 Å². The molecule has 2 atom stereocenters. The molecule has 2 saturated carbocycles. The van der Waals surface area contributed by atoms with Gasteiger partial charge in [0.2, 0.25) is 0 Å². The maximum Gasteiger partial charge on any atom is 0.144 e. The Morgan fingerprint density at radius 1 is 1.40 bits per heavy atom. The summed E-state index contributed by atoms with van der Waals surface area (Å²) in [5, 5.41) is 4.40. The van der Waals surface area contributed by atoms with Gasteiger partial charge in [-0.3, -0.25) is 4.79 Å². The van der Waals surface area contributed by atoms with Crippen LogP contribution in [0, 0.1) is 17.3 Å². The molecule has 3 rings (SSSR count). The van der Waals surface area contributed by atoms with Gasteiger partial charge < -0.3 is 5.43 Å². The first-order chi connectivity index (χ1) is 7.07. The second kappa shape index (κ2) is 2.83. The molecule has 0 spiro atoms. The standard InChI is InChI=1S/C12H18N2O/c1-12(2)5-8-10(9(15)6-12)11(14-13-8)7-3-4-7/h7-8,10,13H,3-6H2,1-2H3/t8-,10+/m0/s1. The average molecular weight is 206 g/mol. The number of hydrogen-bond donors (Lipinski definition) is 1. The molecule has 0 aromatic rings. The lowest BCUT2D eigenvalue weighted by Crippen LogP contribution is -2.45. The van der Waals surface area contributed by atoms with Gasteiger partial charge in [0.25, 0.3) is 0 Å². The quantitative estimate of drug-likeness (QED) is 0.710. The van der Waals surface area contributed by atoms with Gasteiger partial charge in [0.15, 0.2) is 0 Å². The highest BCUT2D eigenvalue weighted by Crippen LogP contribution is 2.43. The summed E-state index contributed by atoms with van der Waals surface area (Å²) in [6.07, 6.45) is 4.27.